The molecule has 3 nitrogen and oxygen atoms in total. The number of ether oxygens (including phenoxy) is 1. The average molecular weight is 303 g/mol. The van der Waals surface area contributed by atoms with Gasteiger partial charge in [-0.15, -0.1) is 13.2 Å². The van der Waals surface area contributed by atoms with Crippen LogP contribution >= 0.6 is 15.9 Å². The minimum Gasteiger partial charge on any atom is -0.478 e. The average Bonchev–Trinajstić information content (AvgIpc) is 2.08. The zero-order valence-electron chi connectivity index (χ0n) is 7.31. The Kier molecular flexibility index (Phi) is 3.41. The summed E-state index contributed by atoms with van der Waals surface area (Å²) in [6, 6.07) is 1.64. The Labute approximate surface area is 94.8 Å². The van der Waals surface area contributed by atoms with Gasteiger partial charge < -0.3 is 9.84 Å². The van der Waals surface area contributed by atoms with Gasteiger partial charge in [0.1, 0.15) is 5.56 Å². The lowest BCUT2D eigenvalue weighted by Crippen LogP contribution is -2.20. The van der Waals surface area contributed by atoms with Gasteiger partial charge in [0.15, 0.2) is 11.6 Å². The quantitative estimate of drug-likeness (QED) is 0.854. The summed E-state index contributed by atoms with van der Waals surface area (Å²) >= 11 is 2.69. The summed E-state index contributed by atoms with van der Waals surface area (Å²) in [5.74, 6) is -4.50. The number of carboxylic acid groups (broad SMARTS) is 1. The molecule has 0 unspecified atom stereocenters. The molecule has 0 saturated carbocycles. The van der Waals surface area contributed by atoms with Crippen LogP contribution < -0.4 is 4.74 Å². The zero-order valence-corrected chi connectivity index (χ0v) is 8.89. The van der Waals surface area contributed by atoms with Crippen molar-refractivity contribution in [2.24, 2.45) is 0 Å². The van der Waals surface area contributed by atoms with E-state index in [0.717, 1.165) is 6.07 Å². The lowest BCUT2D eigenvalue weighted by atomic mass is 10.2. The van der Waals surface area contributed by atoms with E-state index in [1.165, 1.54) is 0 Å². The number of aromatic carboxylic acids is 1. The third-order valence-electron chi connectivity index (χ3n) is 1.49. The van der Waals surface area contributed by atoms with Gasteiger partial charge in [0.05, 0.1) is 0 Å². The van der Waals surface area contributed by atoms with Crippen molar-refractivity contribution < 1.29 is 32.2 Å². The second-order valence-electron chi connectivity index (χ2n) is 2.59. The number of rotatable bonds is 2. The predicted molar refractivity (Wildman–Crippen MR) is 47.7 cm³/mol. The van der Waals surface area contributed by atoms with E-state index in [2.05, 4.69) is 20.7 Å². The van der Waals surface area contributed by atoms with Gasteiger partial charge in [0.25, 0.3) is 0 Å². The number of benzene rings is 1. The number of hydrogen-bond donors (Lipinski definition) is 1. The first-order chi connectivity index (χ1) is 7.22. The summed E-state index contributed by atoms with van der Waals surface area (Å²) in [7, 11) is 0. The van der Waals surface area contributed by atoms with Crippen LogP contribution in [0.25, 0.3) is 0 Å². The van der Waals surface area contributed by atoms with Crippen LogP contribution in [0.1, 0.15) is 10.4 Å². The van der Waals surface area contributed by atoms with Crippen molar-refractivity contribution in [1.29, 1.82) is 0 Å². The molecule has 1 N–H and O–H groups in total. The largest absolute Gasteiger partial charge is 0.573 e. The number of hydrogen-bond acceptors (Lipinski definition) is 2. The molecule has 0 fully saturated rings. The summed E-state index contributed by atoms with van der Waals surface area (Å²) in [5, 5.41) is 8.62. The van der Waals surface area contributed by atoms with Crippen LogP contribution in [0.15, 0.2) is 16.6 Å². The summed E-state index contributed by atoms with van der Waals surface area (Å²) in [6.45, 7) is 0. The Morgan fingerprint density at radius 1 is 1.38 bits per heavy atom. The van der Waals surface area contributed by atoms with Crippen LogP contribution in [0.2, 0.25) is 0 Å². The van der Waals surface area contributed by atoms with Crippen LogP contribution in [0.4, 0.5) is 17.6 Å². The SMILES string of the molecule is O=C(O)c1c(Br)ccc(F)c1OC(F)(F)F. The van der Waals surface area contributed by atoms with E-state index in [-0.39, 0.29) is 4.47 Å². The summed E-state index contributed by atoms with van der Waals surface area (Å²) in [5.41, 5.74) is -0.919. The van der Waals surface area contributed by atoms with Crippen LogP contribution in [0, 0.1) is 5.82 Å². The highest BCUT2D eigenvalue weighted by molar-refractivity contribution is 9.10. The molecule has 1 aromatic rings. The zero-order chi connectivity index (χ0) is 12.5. The lowest BCUT2D eigenvalue weighted by Gasteiger charge is -2.12. The van der Waals surface area contributed by atoms with Gasteiger partial charge in [-0.25, -0.2) is 9.18 Å². The van der Waals surface area contributed by atoms with Crippen LogP contribution in [0.3, 0.4) is 0 Å². The van der Waals surface area contributed by atoms with Crippen molar-refractivity contribution in [3.05, 3.63) is 28.0 Å². The van der Waals surface area contributed by atoms with Gasteiger partial charge in [-0.2, -0.15) is 0 Å². The molecule has 0 aliphatic carbocycles. The molecular formula is C8H3BrF4O3. The van der Waals surface area contributed by atoms with Crippen LogP contribution in [-0.4, -0.2) is 17.4 Å². The van der Waals surface area contributed by atoms with Gasteiger partial charge in [-0.1, -0.05) is 0 Å². The molecule has 0 amide bonds. The van der Waals surface area contributed by atoms with Gasteiger partial charge in [0, 0.05) is 4.47 Å². The fourth-order valence-corrected chi connectivity index (χ4v) is 1.43. The van der Waals surface area contributed by atoms with Crippen molar-refractivity contribution in [2.75, 3.05) is 0 Å². The first-order valence-corrected chi connectivity index (χ1v) is 4.48. The molecule has 0 bridgehead atoms. The van der Waals surface area contributed by atoms with E-state index in [1.54, 1.807) is 0 Å². The molecule has 0 aliphatic rings. The van der Waals surface area contributed by atoms with Gasteiger partial charge in [-0.05, 0) is 28.1 Å². The molecule has 0 aromatic heterocycles. The van der Waals surface area contributed by atoms with Crippen molar-refractivity contribution in [3.63, 3.8) is 0 Å². The maximum absolute atomic E-state index is 13.0. The van der Waals surface area contributed by atoms with E-state index in [4.69, 9.17) is 5.11 Å². The number of halogens is 5. The Morgan fingerprint density at radius 3 is 2.38 bits per heavy atom. The van der Waals surface area contributed by atoms with E-state index < -0.39 is 29.5 Å². The van der Waals surface area contributed by atoms with Gasteiger partial charge in [-0.3, -0.25) is 0 Å². The molecular weight excluding hydrogens is 300 g/mol. The molecule has 0 saturated heterocycles. The molecule has 16 heavy (non-hydrogen) atoms. The molecule has 0 radical (unpaired) electrons. The molecule has 8 heteroatoms. The van der Waals surface area contributed by atoms with Crippen molar-refractivity contribution >= 4 is 21.9 Å². The van der Waals surface area contributed by atoms with Gasteiger partial charge in [0.2, 0.25) is 0 Å². The molecule has 0 spiro atoms. The highest BCUT2D eigenvalue weighted by atomic mass is 79.9. The van der Waals surface area contributed by atoms with Crippen LogP contribution in [-0.2, 0) is 0 Å². The highest BCUT2D eigenvalue weighted by Crippen LogP contribution is 2.33. The maximum Gasteiger partial charge on any atom is 0.573 e. The van der Waals surface area contributed by atoms with E-state index in [9.17, 15) is 22.4 Å². The van der Waals surface area contributed by atoms with E-state index in [0.29, 0.717) is 6.07 Å². The lowest BCUT2D eigenvalue weighted by molar-refractivity contribution is -0.275. The van der Waals surface area contributed by atoms with E-state index >= 15 is 0 Å². The smallest absolute Gasteiger partial charge is 0.478 e. The minimum absolute atomic E-state index is 0.208. The molecule has 0 heterocycles. The number of carbonyl (C=O) groups is 1. The topological polar surface area (TPSA) is 46.5 Å². The van der Waals surface area contributed by atoms with Crippen LogP contribution in [0.5, 0.6) is 5.75 Å². The standard InChI is InChI=1S/C8H3BrF4O3/c9-3-1-2-4(10)6(5(3)7(14)15)16-8(11,12)13/h1-2H,(H,14,15). The van der Waals surface area contributed by atoms with Crippen molar-refractivity contribution in [3.8, 4) is 5.75 Å². The number of alkyl halides is 3. The molecule has 1 rings (SSSR count). The van der Waals surface area contributed by atoms with Crippen molar-refractivity contribution in [2.45, 2.75) is 6.36 Å². The molecule has 0 atom stereocenters. The first kappa shape index (κ1) is 12.8. The third-order valence-corrected chi connectivity index (χ3v) is 2.15. The molecule has 0 aliphatic heterocycles. The summed E-state index contributed by atoms with van der Waals surface area (Å²) in [4.78, 5) is 10.6. The Morgan fingerprint density at radius 2 is 1.94 bits per heavy atom. The second kappa shape index (κ2) is 4.28. The monoisotopic (exact) mass is 302 g/mol. The summed E-state index contributed by atoms with van der Waals surface area (Å²) < 4.78 is 51.8. The second-order valence-corrected chi connectivity index (χ2v) is 3.44. The van der Waals surface area contributed by atoms with E-state index in [1.807, 2.05) is 0 Å². The molecule has 88 valence electrons. The summed E-state index contributed by atoms with van der Waals surface area (Å²) in [6.07, 6.45) is -5.16. The fraction of sp³-hybridized carbons (Fsp3) is 0.125. The Balaban J connectivity index is 3.35. The normalized spacial score (nSPS) is 11.3. The fourth-order valence-electron chi connectivity index (χ4n) is 0.948. The number of carboxylic acids is 1. The Bertz CT molecular complexity index is 430. The van der Waals surface area contributed by atoms with Gasteiger partial charge >= 0.3 is 12.3 Å². The Hall–Kier alpha value is -1.31. The predicted octanol–water partition coefficient (Wildman–Crippen LogP) is 3.18. The third kappa shape index (κ3) is 2.84. The van der Waals surface area contributed by atoms with Crippen molar-refractivity contribution in [1.82, 2.24) is 0 Å². The molecule has 1 aromatic carbocycles. The first-order valence-electron chi connectivity index (χ1n) is 3.69. The highest BCUT2D eigenvalue weighted by Gasteiger charge is 2.35. The maximum atomic E-state index is 13.0. The minimum atomic E-state index is -5.16.